The van der Waals surface area contributed by atoms with Crippen LogP contribution in [0.3, 0.4) is 0 Å². The molecule has 0 radical (unpaired) electrons. The van der Waals surface area contributed by atoms with Crippen molar-refractivity contribution in [3.05, 3.63) is 15.5 Å². The summed E-state index contributed by atoms with van der Waals surface area (Å²) in [6.07, 6.45) is 2.98. The Morgan fingerprint density at radius 3 is 3.12 bits per heavy atom. The van der Waals surface area contributed by atoms with Crippen LogP contribution in [0, 0.1) is 3.57 Å². The predicted octanol–water partition coefficient (Wildman–Crippen LogP) is 0.944. The van der Waals surface area contributed by atoms with Crippen LogP contribution in [-0.4, -0.2) is 40.7 Å². The molecule has 0 spiro atoms. The van der Waals surface area contributed by atoms with E-state index >= 15 is 0 Å². The quantitative estimate of drug-likeness (QED) is 0.648. The van der Waals surface area contributed by atoms with E-state index in [1.807, 2.05) is 22.6 Å². The molecule has 0 aliphatic carbocycles. The Labute approximate surface area is 112 Å². The van der Waals surface area contributed by atoms with Crippen molar-refractivity contribution in [2.24, 2.45) is 0 Å². The molecule has 17 heavy (non-hydrogen) atoms. The van der Waals surface area contributed by atoms with Crippen molar-refractivity contribution < 1.29 is 19.4 Å². The molecule has 0 amide bonds. The molecule has 1 aliphatic rings. The topological polar surface area (TPSA) is 73.6 Å². The van der Waals surface area contributed by atoms with Gasteiger partial charge in [-0.3, -0.25) is 0 Å². The maximum Gasteiger partial charge on any atom is 0.359 e. The number of hydrogen-bond donors (Lipinski definition) is 1. The summed E-state index contributed by atoms with van der Waals surface area (Å²) in [6.45, 7) is 0.0126. The molecule has 0 saturated carbocycles. The number of aliphatic hydroxyl groups is 1. The van der Waals surface area contributed by atoms with Gasteiger partial charge in [-0.25, -0.2) is 9.48 Å². The summed E-state index contributed by atoms with van der Waals surface area (Å²) in [5.74, 6) is -0.454. The van der Waals surface area contributed by atoms with Gasteiger partial charge in [-0.15, -0.1) is 0 Å². The van der Waals surface area contributed by atoms with E-state index in [0.29, 0.717) is 5.69 Å². The Hall–Kier alpha value is -0.670. The summed E-state index contributed by atoms with van der Waals surface area (Å²) in [5, 5.41) is 13.1. The van der Waals surface area contributed by atoms with E-state index in [1.54, 1.807) is 10.9 Å². The molecule has 2 atom stereocenters. The highest BCUT2D eigenvalue weighted by Crippen LogP contribution is 2.28. The van der Waals surface area contributed by atoms with Gasteiger partial charge in [0, 0.05) is 6.20 Å². The third kappa shape index (κ3) is 2.61. The van der Waals surface area contributed by atoms with Crippen LogP contribution in [0.1, 0.15) is 29.6 Å². The second-order valence-corrected chi connectivity index (χ2v) is 4.93. The highest BCUT2D eigenvalue weighted by Gasteiger charge is 2.28. The summed E-state index contributed by atoms with van der Waals surface area (Å²) in [4.78, 5) is 11.4. The maximum atomic E-state index is 11.4. The maximum absolute atomic E-state index is 11.4. The predicted molar refractivity (Wildman–Crippen MR) is 66.5 cm³/mol. The van der Waals surface area contributed by atoms with E-state index in [4.69, 9.17) is 9.84 Å². The Balaban J connectivity index is 2.15. The van der Waals surface area contributed by atoms with E-state index in [0.717, 1.165) is 16.4 Å². The van der Waals surface area contributed by atoms with E-state index in [1.165, 1.54) is 7.11 Å². The fourth-order valence-electron chi connectivity index (χ4n) is 1.77. The monoisotopic (exact) mass is 352 g/mol. The molecular formula is C10H13IN2O4. The summed E-state index contributed by atoms with van der Waals surface area (Å²) < 4.78 is 12.6. The average Bonchev–Trinajstić information content (AvgIpc) is 2.94. The van der Waals surface area contributed by atoms with Crippen molar-refractivity contribution in [1.29, 1.82) is 0 Å². The Kier molecular flexibility index (Phi) is 4.00. The number of esters is 1. The van der Waals surface area contributed by atoms with Crippen LogP contribution in [0.2, 0.25) is 0 Å². The molecule has 2 heterocycles. The zero-order chi connectivity index (χ0) is 12.4. The lowest BCUT2D eigenvalue weighted by molar-refractivity contribution is -0.0284. The second kappa shape index (κ2) is 5.32. The Morgan fingerprint density at radius 2 is 2.53 bits per heavy atom. The normalized spacial score (nSPS) is 23.9. The minimum atomic E-state index is -0.454. The molecule has 6 nitrogen and oxygen atoms in total. The Morgan fingerprint density at radius 1 is 1.76 bits per heavy atom. The van der Waals surface area contributed by atoms with Gasteiger partial charge in [0.2, 0.25) is 0 Å². The number of halogens is 1. The number of carbonyl (C=O) groups is 1. The van der Waals surface area contributed by atoms with Gasteiger partial charge >= 0.3 is 5.97 Å². The van der Waals surface area contributed by atoms with Crippen LogP contribution in [0.5, 0.6) is 0 Å². The molecule has 1 fully saturated rings. The van der Waals surface area contributed by atoms with Gasteiger partial charge < -0.3 is 14.6 Å². The SMILES string of the molecule is COC(=O)c1nn([C@H]2CC[C@@H](CO)O2)cc1I. The van der Waals surface area contributed by atoms with Gasteiger partial charge in [0.25, 0.3) is 0 Å². The van der Waals surface area contributed by atoms with E-state index < -0.39 is 5.97 Å². The fourth-order valence-corrected chi connectivity index (χ4v) is 2.38. The van der Waals surface area contributed by atoms with Crippen molar-refractivity contribution in [2.75, 3.05) is 13.7 Å². The summed E-state index contributed by atoms with van der Waals surface area (Å²) in [5.41, 5.74) is 0.296. The van der Waals surface area contributed by atoms with E-state index in [9.17, 15) is 4.79 Å². The standard InChI is InChI=1S/C10H13IN2O4/c1-16-10(15)9-7(11)4-13(12-9)8-3-2-6(5-14)17-8/h4,6,8,14H,2-3,5H2,1H3/t6-,8+/m0/s1. The van der Waals surface area contributed by atoms with Crippen LogP contribution >= 0.6 is 22.6 Å². The Bertz CT molecular complexity index is 420. The molecule has 0 bridgehead atoms. The second-order valence-electron chi connectivity index (χ2n) is 3.77. The molecule has 0 aromatic carbocycles. The van der Waals surface area contributed by atoms with Gasteiger partial charge in [0.1, 0.15) is 0 Å². The first-order valence-electron chi connectivity index (χ1n) is 5.25. The van der Waals surface area contributed by atoms with Crippen molar-refractivity contribution in [3.8, 4) is 0 Å². The van der Waals surface area contributed by atoms with Gasteiger partial charge in [0.15, 0.2) is 11.9 Å². The average molecular weight is 352 g/mol. The van der Waals surface area contributed by atoms with Crippen LogP contribution in [0.4, 0.5) is 0 Å². The lowest BCUT2D eigenvalue weighted by Crippen LogP contribution is -2.15. The van der Waals surface area contributed by atoms with Crippen molar-refractivity contribution in [2.45, 2.75) is 25.2 Å². The molecule has 0 unspecified atom stereocenters. The summed E-state index contributed by atoms with van der Waals surface area (Å²) in [6, 6.07) is 0. The number of carbonyl (C=O) groups excluding carboxylic acids is 1. The first kappa shape index (κ1) is 12.8. The number of aliphatic hydroxyl groups excluding tert-OH is 1. The van der Waals surface area contributed by atoms with Crippen molar-refractivity contribution in [3.63, 3.8) is 0 Å². The minimum absolute atomic E-state index is 0.0126. The van der Waals surface area contributed by atoms with Crippen LogP contribution in [0.25, 0.3) is 0 Å². The van der Waals surface area contributed by atoms with Gasteiger partial charge in [-0.05, 0) is 35.4 Å². The molecule has 2 rings (SSSR count). The van der Waals surface area contributed by atoms with Gasteiger partial charge in [-0.1, -0.05) is 0 Å². The number of ether oxygens (including phenoxy) is 2. The van der Waals surface area contributed by atoms with Crippen LogP contribution in [0.15, 0.2) is 6.20 Å². The van der Waals surface area contributed by atoms with Crippen LogP contribution < -0.4 is 0 Å². The third-order valence-corrected chi connectivity index (χ3v) is 3.44. The number of nitrogens with zero attached hydrogens (tertiary/aromatic N) is 2. The zero-order valence-corrected chi connectivity index (χ0v) is 11.5. The van der Waals surface area contributed by atoms with Gasteiger partial charge in [0.05, 0.1) is 23.4 Å². The summed E-state index contributed by atoms with van der Waals surface area (Å²) >= 11 is 2.03. The number of aromatic nitrogens is 2. The fraction of sp³-hybridized carbons (Fsp3) is 0.600. The molecule has 1 aromatic heterocycles. The largest absolute Gasteiger partial charge is 0.464 e. The van der Waals surface area contributed by atoms with Crippen molar-refractivity contribution >= 4 is 28.6 Å². The van der Waals surface area contributed by atoms with Crippen LogP contribution in [-0.2, 0) is 9.47 Å². The molecular weight excluding hydrogens is 339 g/mol. The highest BCUT2D eigenvalue weighted by molar-refractivity contribution is 14.1. The highest BCUT2D eigenvalue weighted by atomic mass is 127. The molecule has 1 N–H and O–H groups in total. The number of rotatable bonds is 3. The molecule has 7 heteroatoms. The minimum Gasteiger partial charge on any atom is -0.464 e. The first-order valence-corrected chi connectivity index (χ1v) is 6.33. The number of hydrogen-bond acceptors (Lipinski definition) is 5. The first-order chi connectivity index (χ1) is 8.15. The number of methoxy groups -OCH3 is 1. The zero-order valence-electron chi connectivity index (χ0n) is 9.30. The molecule has 1 aromatic rings. The molecule has 1 aliphatic heterocycles. The third-order valence-electron chi connectivity index (χ3n) is 2.65. The smallest absolute Gasteiger partial charge is 0.359 e. The lowest BCUT2D eigenvalue weighted by Gasteiger charge is -2.11. The molecule has 1 saturated heterocycles. The van der Waals surface area contributed by atoms with E-state index in [-0.39, 0.29) is 18.9 Å². The summed E-state index contributed by atoms with van der Waals surface area (Å²) in [7, 11) is 1.32. The lowest BCUT2D eigenvalue weighted by atomic mass is 10.2. The van der Waals surface area contributed by atoms with Gasteiger partial charge in [-0.2, -0.15) is 5.10 Å². The van der Waals surface area contributed by atoms with Crippen molar-refractivity contribution in [1.82, 2.24) is 9.78 Å². The van der Waals surface area contributed by atoms with E-state index in [2.05, 4.69) is 9.84 Å². The molecule has 94 valence electrons.